The molecule has 1 aromatic heterocycles. The van der Waals surface area contributed by atoms with Crippen molar-refractivity contribution in [3.8, 4) is 11.3 Å². The third-order valence-corrected chi connectivity index (χ3v) is 3.97. The van der Waals surface area contributed by atoms with E-state index in [0.717, 1.165) is 22.6 Å². The summed E-state index contributed by atoms with van der Waals surface area (Å²) in [6.45, 7) is 0.262. The van der Waals surface area contributed by atoms with Crippen molar-refractivity contribution in [2.24, 2.45) is 5.73 Å². The predicted molar refractivity (Wildman–Crippen MR) is 93.1 cm³/mol. The summed E-state index contributed by atoms with van der Waals surface area (Å²) in [4.78, 5) is 17.5. The fourth-order valence-electron chi connectivity index (χ4n) is 2.36. The number of nitrogens with two attached hydrogens (primary N) is 1. The minimum absolute atomic E-state index is 0.0112. The van der Waals surface area contributed by atoms with Gasteiger partial charge in [0.15, 0.2) is 0 Å². The molecule has 5 nitrogen and oxygen atoms in total. The number of nitrogens with zero attached hydrogens (tertiary/aromatic N) is 2. The first-order chi connectivity index (χ1) is 10.9. The van der Waals surface area contributed by atoms with Crippen LogP contribution in [0.2, 0.25) is 5.02 Å². The summed E-state index contributed by atoms with van der Waals surface area (Å²) in [5.41, 5.74) is 8.10. The number of carboxylic acids is 1. The molecule has 2 aromatic rings. The van der Waals surface area contributed by atoms with Crippen LogP contribution in [0.15, 0.2) is 36.4 Å². The number of hydrogen-bond acceptors (Lipinski definition) is 4. The normalized spacial score (nSPS) is 12.0. The second-order valence-electron chi connectivity index (χ2n) is 5.55. The number of benzene rings is 1. The molecule has 122 valence electrons. The zero-order valence-electron chi connectivity index (χ0n) is 13.2. The Morgan fingerprint density at radius 3 is 2.70 bits per heavy atom. The van der Waals surface area contributed by atoms with E-state index in [0.29, 0.717) is 5.02 Å². The molecule has 0 saturated heterocycles. The summed E-state index contributed by atoms with van der Waals surface area (Å²) in [6.07, 6.45) is -0.0112. The van der Waals surface area contributed by atoms with Crippen LogP contribution in [-0.2, 0) is 4.79 Å². The van der Waals surface area contributed by atoms with Crippen molar-refractivity contribution < 1.29 is 9.90 Å². The van der Waals surface area contributed by atoms with Crippen LogP contribution in [-0.4, -0.2) is 36.7 Å². The van der Waals surface area contributed by atoms with Gasteiger partial charge in [-0.15, -0.1) is 0 Å². The average Bonchev–Trinajstić information content (AvgIpc) is 2.53. The molecule has 23 heavy (non-hydrogen) atoms. The summed E-state index contributed by atoms with van der Waals surface area (Å²) in [5.74, 6) is -0.296. The van der Waals surface area contributed by atoms with E-state index in [1.54, 1.807) is 6.07 Å². The lowest BCUT2D eigenvalue weighted by Crippen LogP contribution is -2.16. The highest BCUT2D eigenvalue weighted by Gasteiger charge is 2.16. The monoisotopic (exact) mass is 333 g/mol. The van der Waals surface area contributed by atoms with Gasteiger partial charge in [-0.25, -0.2) is 4.98 Å². The van der Waals surface area contributed by atoms with Crippen LogP contribution in [0.5, 0.6) is 0 Å². The molecule has 3 N–H and O–H groups in total. The SMILES string of the molecule is CN(C)c1cccc(-c2cc([C@H](CN)CC(=O)O)ccc2Cl)n1. The van der Waals surface area contributed by atoms with Crippen molar-refractivity contribution >= 4 is 23.4 Å². The molecule has 0 bridgehead atoms. The maximum Gasteiger partial charge on any atom is 0.304 e. The Balaban J connectivity index is 2.45. The molecule has 1 heterocycles. The van der Waals surface area contributed by atoms with Crippen molar-refractivity contribution in [3.05, 3.63) is 47.0 Å². The van der Waals surface area contributed by atoms with Crippen LogP contribution in [0.1, 0.15) is 17.9 Å². The van der Waals surface area contributed by atoms with Gasteiger partial charge in [0.25, 0.3) is 0 Å². The standard InChI is InChI=1S/C17H20ClN3O2/c1-21(2)16-5-3-4-15(20-16)13-8-11(6-7-14(13)18)12(10-19)9-17(22)23/h3-8,12H,9-10,19H2,1-2H3,(H,22,23)/t12-/m0/s1. The van der Waals surface area contributed by atoms with Crippen molar-refractivity contribution in [1.82, 2.24) is 4.98 Å². The molecule has 0 aliphatic rings. The first kappa shape index (κ1) is 17.2. The Bertz CT molecular complexity index is 704. The van der Waals surface area contributed by atoms with Crippen molar-refractivity contribution in [2.75, 3.05) is 25.5 Å². The lowest BCUT2D eigenvalue weighted by atomic mass is 9.93. The van der Waals surface area contributed by atoms with Gasteiger partial charge in [-0.1, -0.05) is 23.7 Å². The third kappa shape index (κ3) is 4.21. The van der Waals surface area contributed by atoms with Gasteiger partial charge in [0.2, 0.25) is 0 Å². The first-order valence-electron chi connectivity index (χ1n) is 7.28. The van der Waals surface area contributed by atoms with Crippen molar-refractivity contribution in [3.63, 3.8) is 0 Å². The van der Waals surface area contributed by atoms with E-state index in [1.807, 2.05) is 49.3 Å². The Hall–Kier alpha value is -2.11. The van der Waals surface area contributed by atoms with Crippen molar-refractivity contribution in [1.29, 1.82) is 0 Å². The highest BCUT2D eigenvalue weighted by molar-refractivity contribution is 6.33. The minimum atomic E-state index is -0.871. The number of aliphatic carboxylic acids is 1. The van der Waals surface area contributed by atoms with E-state index < -0.39 is 5.97 Å². The number of halogens is 1. The van der Waals surface area contributed by atoms with E-state index in [9.17, 15) is 4.79 Å². The van der Waals surface area contributed by atoms with E-state index in [2.05, 4.69) is 4.98 Å². The fraction of sp³-hybridized carbons (Fsp3) is 0.294. The topological polar surface area (TPSA) is 79.5 Å². The quantitative estimate of drug-likeness (QED) is 0.849. The molecule has 2 rings (SSSR count). The van der Waals surface area contributed by atoms with E-state index in [4.69, 9.17) is 22.4 Å². The fourth-order valence-corrected chi connectivity index (χ4v) is 2.58. The first-order valence-corrected chi connectivity index (χ1v) is 7.66. The maximum atomic E-state index is 11.0. The van der Waals surface area contributed by atoms with Crippen LogP contribution in [0.25, 0.3) is 11.3 Å². The van der Waals surface area contributed by atoms with Crippen LogP contribution >= 0.6 is 11.6 Å². The molecule has 0 fully saturated rings. The number of pyridine rings is 1. The Morgan fingerprint density at radius 2 is 2.09 bits per heavy atom. The van der Waals surface area contributed by atoms with Crippen LogP contribution in [0.3, 0.4) is 0 Å². The molecule has 0 spiro atoms. The van der Waals surface area contributed by atoms with Gasteiger partial charge in [-0.3, -0.25) is 4.79 Å². The lowest BCUT2D eigenvalue weighted by molar-refractivity contribution is -0.137. The Labute approximate surface area is 140 Å². The highest BCUT2D eigenvalue weighted by Crippen LogP contribution is 2.31. The van der Waals surface area contributed by atoms with Crippen LogP contribution in [0, 0.1) is 0 Å². The van der Waals surface area contributed by atoms with E-state index >= 15 is 0 Å². The number of carbonyl (C=O) groups is 1. The number of rotatable bonds is 6. The predicted octanol–water partition coefficient (Wildman–Crippen LogP) is 2.99. The van der Waals surface area contributed by atoms with Gasteiger partial charge >= 0.3 is 5.97 Å². The van der Waals surface area contributed by atoms with Gasteiger partial charge in [-0.2, -0.15) is 0 Å². The van der Waals surface area contributed by atoms with Gasteiger partial charge < -0.3 is 15.7 Å². The third-order valence-electron chi connectivity index (χ3n) is 3.64. The van der Waals surface area contributed by atoms with E-state index in [1.165, 1.54) is 0 Å². The summed E-state index contributed by atoms with van der Waals surface area (Å²) < 4.78 is 0. The second kappa shape index (κ2) is 7.44. The smallest absolute Gasteiger partial charge is 0.304 e. The molecule has 0 radical (unpaired) electrons. The molecule has 6 heteroatoms. The Kier molecular flexibility index (Phi) is 5.58. The molecular formula is C17H20ClN3O2. The Morgan fingerprint density at radius 1 is 1.35 bits per heavy atom. The van der Waals surface area contributed by atoms with Crippen LogP contribution in [0.4, 0.5) is 5.82 Å². The van der Waals surface area contributed by atoms with Gasteiger partial charge in [0, 0.05) is 30.6 Å². The zero-order chi connectivity index (χ0) is 17.0. The maximum absolute atomic E-state index is 11.0. The minimum Gasteiger partial charge on any atom is -0.481 e. The molecule has 1 aromatic carbocycles. The second-order valence-corrected chi connectivity index (χ2v) is 5.95. The number of anilines is 1. The highest BCUT2D eigenvalue weighted by atomic mass is 35.5. The molecule has 0 aliphatic heterocycles. The summed E-state index contributed by atoms with van der Waals surface area (Å²) in [6, 6.07) is 11.2. The zero-order valence-corrected chi connectivity index (χ0v) is 13.9. The molecule has 0 aliphatic carbocycles. The van der Waals surface area contributed by atoms with Gasteiger partial charge in [-0.05, 0) is 36.4 Å². The molecule has 0 amide bonds. The lowest BCUT2D eigenvalue weighted by Gasteiger charge is -2.16. The summed E-state index contributed by atoms with van der Waals surface area (Å²) in [7, 11) is 3.84. The van der Waals surface area contributed by atoms with Gasteiger partial charge in [0.05, 0.1) is 12.1 Å². The van der Waals surface area contributed by atoms with Crippen LogP contribution < -0.4 is 10.6 Å². The number of hydrogen-bond donors (Lipinski definition) is 2. The molecular weight excluding hydrogens is 314 g/mol. The average molecular weight is 334 g/mol. The molecule has 0 saturated carbocycles. The largest absolute Gasteiger partial charge is 0.481 e. The summed E-state index contributed by atoms with van der Waals surface area (Å²) in [5, 5.41) is 9.59. The summed E-state index contributed by atoms with van der Waals surface area (Å²) >= 11 is 6.32. The molecule has 0 unspecified atom stereocenters. The number of aromatic nitrogens is 1. The number of carboxylic acid groups (broad SMARTS) is 1. The van der Waals surface area contributed by atoms with Crippen molar-refractivity contribution in [2.45, 2.75) is 12.3 Å². The molecule has 1 atom stereocenters. The van der Waals surface area contributed by atoms with E-state index in [-0.39, 0.29) is 18.9 Å². The van der Waals surface area contributed by atoms with Gasteiger partial charge in [0.1, 0.15) is 5.82 Å².